The summed E-state index contributed by atoms with van der Waals surface area (Å²) in [4.78, 5) is 0. The molecule has 1 heterocycles. The zero-order valence-electron chi connectivity index (χ0n) is 14.5. The summed E-state index contributed by atoms with van der Waals surface area (Å²) < 4.78 is 12.7. The van der Waals surface area contributed by atoms with Gasteiger partial charge in [0.2, 0.25) is 0 Å². The van der Waals surface area contributed by atoms with E-state index >= 15 is 0 Å². The molecule has 0 aliphatic rings. The van der Waals surface area contributed by atoms with Gasteiger partial charge in [-0.15, -0.1) is 0 Å². The number of hydrogen-bond donors (Lipinski definition) is 0. The van der Waals surface area contributed by atoms with Crippen LogP contribution in [0, 0.1) is 6.92 Å². The molecule has 0 saturated heterocycles. The monoisotopic (exact) mass is 322 g/mol. The summed E-state index contributed by atoms with van der Waals surface area (Å²) >= 11 is 0. The van der Waals surface area contributed by atoms with Gasteiger partial charge in [-0.3, -0.25) is 4.68 Å². The van der Waals surface area contributed by atoms with Crippen molar-refractivity contribution in [3.05, 3.63) is 65.4 Å². The third-order valence-electron chi connectivity index (χ3n) is 4.23. The van der Waals surface area contributed by atoms with E-state index in [1.165, 1.54) is 11.1 Å². The molecule has 0 N–H and O–H groups in total. The molecule has 0 bridgehead atoms. The highest BCUT2D eigenvalue weighted by atomic mass is 16.5. The molecule has 4 heteroatoms. The van der Waals surface area contributed by atoms with Crippen LogP contribution < -0.4 is 9.47 Å². The summed E-state index contributed by atoms with van der Waals surface area (Å²) in [5.74, 6) is 1.45. The lowest BCUT2D eigenvalue weighted by atomic mass is 9.99. The van der Waals surface area contributed by atoms with Crippen LogP contribution in [0.1, 0.15) is 16.8 Å². The van der Waals surface area contributed by atoms with E-state index in [0.717, 1.165) is 34.9 Å². The van der Waals surface area contributed by atoms with Gasteiger partial charge in [0.15, 0.2) is 11.5 Å². The predicted molar refractivity (Wildman–Crippen MR) is 95.7 cm³/mol. The summed E-state index contributed by atoms with van der Waals surface area (Å²) in [5.41, 5.74) is 5.73. The Hall–Kier alpha value is -2.75. The normalized spacial score (nSPS) is 10.7. The van der Waals surface area contributed by atoms with Crippen LogP contribution >= 0.6 is 0 Å². The van der Waals surface area contributed by atoms with Gasteiger partial charge < -0.3 is 9.47 Å². The molecule has 0 aliphatic heterocycles. The number of aryl methyl sites for hydroxylation is 2. The fourth-order valence-electron chi connectivity index (χ4n) is 3.06. The van der Waals surface area contributed by atoms with Gasteiger partial charge in [0, 0.05) is 24.6 Å². The average molecular weight is 322 g/mol. The van der Waals surface area contributed by atoms with E-state index in [4.69, 9.17) is 9.47 Å². The third kappa shape index (κ3) is 3.00. The minimum atomic E-state index is 0.722. The number of ether oxygens (including phenoxy) is 2. The molecule has 4 nitrogen and oxygen atoms in total. The highest BCUT2D eigenvalue weighted by molar-refractivity contribution is 5.68. The minimum Gasteiger partial charge on any atom is -0.493 e. The van der Waals surface area contributed by atoms with Crippen molar-refractivity contribution in [2.45, 2.75) is 13.3 Å². The fourth-order valence-corrected chi connectivity index (χ4v) is 3.06. The van der Waals surface area contributed by atoms with Crippen molar-refractivity contribution in [2.75, 3.05) is 14.2 Å². The van der Waals surface area contributed by atoms with Gasteiger partial charge >= 0.3 is 0 Å². The summed E-state index contributed by atoms with van der Waals surface area (Å²) in [5, 5.41) is 4.63. The molecular weight excluding hydrogens is 300 g/mol. The van der Waals surface area contributed by atoms with Gasteiger partial charge in [0.05, 0.1) is 25.6 Å². The number of rotatable bonds is 5. The van der Waals surface area contributed by atoms with E-state index in [1.807, 2.05) is 36.0 Å². The molecule has 0 unspecified atom stereocenters. The van der Waals surface area contributed by atoms with Crippen LogP contribution in [-0.2, 0) is 13.5 Å². The first-order chi connectivity index (χ1) is 11.6. The van der Waals surface area contributed by atoms with E-state index < -0.39 is 0 Å². The molecule has 24 heavy (non-hydrogen) atoms. The van der Waals surface area contributed by atoms with Crippen molar-refractivity contribution >= 4 is 0 Å². The number of benzene rings is 2. The minimum absolute atomic E-state index is 0.722. The van der Waals surface area contributed by atoms with Crippen molar-refractivity contribution in [2.24, 2.45) is 7.05 Å². The highest BCUT2D eigenvalue weighted by Crippen LogP contribution is 2.35. The Morgan fingerprint density at radius 2 is 1.67 bits per heavy atom. The first-order valence-corrected chi connectivity index (χ1v) is 7.92. The van der Waals surface area contributed by atoms with Crippen LogP contribution in [0.5, 0.6) is 11.5 Å². The van der Waals surface area contributed by atoms with Crippen LogP contribution in [0.2, 0.25) is 0 Å². The summed E-state index contributed by atoms with van der Waals surface area (Å²) in [6, 6.07) is 16.4. The topological polar surface area (TPSA) is 36.3 Å². The molecule has 124 valence electrons. The summed E-state index contributed by atoms with van der Waals surface area (Å²) in [7, 11) is 5.28. The van der Waals surface area contributed by atoms with Gasteiger partial charge in [-0.05, 0) is 30.7 Å². The molecule has 0 fully saturated rings. The second-order valence-electron chi connectivity index (χ2n) is 5.77. The molecule has 2 aromatic carbocycles. The second-order valence-corrected chi connectivity index (χ2v) is 5.77. The number of nitrogens with zero attached hydrogens (tertiary/aromatic N) is 2. The zero-order chi connectivity index (χ0) is 17.1. The van der Waals surface area contributed by atoms with Crippen LogP contribution in [0.3, 0.4) is 0 Å². The van der Waals surface area contributed by atoms with Crippen molar-refractivity contribution in [3.63, 3.8) is 0 Å². The molecule has 0 spiro atoms. The second kappa shape index (κ2) is 6.79. The van der Waals surface area contributed by atoms with Crippen LogP contribution in [0.4, 0.5) is 0 Å². The Morgan fingerprint density at radius 1 is 0.958 bits per heavy atom. The lowest BCUT2D eigenvalue weighted by Crippen LogP contribution is -1.98. The Bertz CT molecular complexity index is 838. The first kappa shape index (κ1) is 16.1. The Kier molecular flexibility index (Phi) is 4.56. The standard InChI is InChI=1S/C20H22N2O2/c1-14-17(12-15-8-6-5-7-9-15)20(22(2)21-14)16-10-11-18(23-3)19(13-16)24-4/h5-11,13H,12H2,1-4H3. The molecule has 3 rings (SSSR count). The summed E-state index contributed by atoms with van der Waals surface area (Å²) in [6.45, 7) is 2.06. The molecule has 0 atom stereocenters. The Balaban J connectivity index is 2.08. The Labute approximate surface area is 142 Å². The van der Waals surface area contributed by atoms with Crippen LogP contribution in [0.25, 0.3) is 11.3 Å². The zero-order valence-corrected chi connectivity index (χ0v) is 14.5. The van der Waals surface area contributed by atoms with Gasteiger partial charge in [0.1, 0.15) is 0 Å². The van der Waals surface area contributed by atoms with E-state index in [-0.39, 0.29) is 0 Å². The van der Waals surface area contributed by atoms with Crippen molar-refractivity contribution in [1.82, 2.24) is 9.78 Å². The maximum atomic E-state index is 5.45. The first-order valence-electron chi connectivity index (χ1n) is 7.92. The van der Waals surface area contributed by atoms with Gasteiger partial charge in [-0.1, -0.05) is 30.3 Å². The van der Waals surface area contributed by atoms with Crippen LogP contribution in [0.15, 0.2) is 48.5 Å². The van der Waals surface area contributed by atoms with Gasteiger partial charge in [0.25, 0.3) is 0 Å². The largest absolute Gasteiger partial charge is 0.493 e. The number of aromatic nitrogens is 2. The molecule has 0 saturated carbocycles. The lowest BCUT2D eigenvalue weighted by Gasteiger charge is -2.12. The van der Waals surface area contributed by atoms with Crippen molar-refractivity contribution < 1.29 is 9.47 Å². The van der Waals surface area contributed by atoms with Gasteiger partial charge in [-0.25, -0.2) is 0 Å². The molecular formula is C20H22N2O2. The fraction of sp³-hybridized carbons (Fsp3) is 0.250. The SMILES string of the molecule is COc1ccc(-c2c(Cc3ccccc3)c(C)nn2C)cc1OC. The molecule has 0 aliphatic carbocycles. The van der Waals surface area contributed by atoms with E-state index in [9.17, 15) is 0 Å². The van der Waals surface area contributed by atoms with Gasteiger partial charge in [-0.2, -0.15) is 5.10 Å². The Morgan fingerprint density at radius 3 is 2.33 bits per heavy atom. The molecule has 0 amide bonds. The molecule has 3 aromatic rings. The van der Waals surface area contributed by atoms with E-state index in [2.05, 4.69) is 36.3 Å². The lowest BCUT2D eigenvalue weighted by molar-refractivity contribution is 0.355. The predicted octanol–water partition coefficient (Wildman–Crippen LogP) is 4.00. The molecule has 0 radical (unpaired) electrons. The van der Waals surface area contributed by atoms with E-state index in [0.29, 0.717) is 0 Å². The highest BCUT2D eigenvalue weighted by Gasteiger charge is 2.17. The average Bonchev–Trinajstić information content (AvgIpc) is 2.88. The van der Waals surface area contributed by atoms with Crippen LogP contribution in [-0.4, -0.2) is 24.0 Å². The molecule has 1 aromatic heterocycles. The van der Waals surface area contributed by atoms with Crippen molar-refractivity contribution in [3.8, 4) is 22.8 Å². The maximum absolute atomic E-state index is 5.45. The maximum Gasteiger partial charge on any atom is 0.161 e. The van der Waals surface area contributed by atoms with Crippen molar-refractivity contribution in [1.29, 1.82) is 0 Å². The van der Waals surface area contributed by atoms with E-state index in [1.54, 1.807) is 14.2 Å². The third-order valence-corrected chi connectivity index (χ3v) is 4.23. The quantitative estimate of drug-likeness (QED) is 0.712. The number of methoxy groups -OCH3 is 2. The number of hydrogen-bond acceptors (Lipinski definition) is 3. The smallest absolute Gasteiger partial charge is 0.161 e. The summed E-state index contributed by atoms with van der Waals surface area (Å²) in [6.07, 6.45) is 0.851.